The summed E-state index contributed by atoms with van der Waals surface area (Å²) in [5, 5.41) is 50.3. The third kappa shape index (κ3) is 33.0. The Bertz CT molecular complexity index is 1140. The average molecular weight is 919 g/mol. The van der Waals surface area contributed by atoms with Crippen LogP contribution in [0.5, 0.6) is 0 Å². The summed E-state index contributed by atoms with van der Waals surface area (Å²) in [5.41, 5.74) is 0. The van der Waals surface area contributed by atoms with Gasteiger partial charge in [0.05, 0.1) is 13.2 Å². The monoisotopic (exact) mass is 919 g/mol. The van der Waals surface area contributed by atoms with E-state index in [0.29, 0.717) is 13.0 Å². The fourth-order valence-corrected chi connectivity index (χ4v) is 8.91. The molecule has 0 spiro atoms. The summed E-state index contributed by atoms with van der Waals surface area (Å²) in [6.07, 6.45) is 35.2. The highest BCUT2D eigenvalue weighted by Crippen LogP contribution is 2.47. The maximum Gasteiger partial charge on any atom is 0.472 e. The van der Waals surface area contributed by atoms with Crippen molar-refractivity contribution in [3.63, 3.8) is 0 Å². The average Bonchev–Trinajstić information content (AvgIpc) is 3.27. The molecule has 0 aromatic carbocycles. The fourth-order valence-electron chi connectivity index (χ4n) is 7.93. The molecule has 0 amide bonds. The number of rotatable bonds is 44. The zero-order valence-corrected chi connectivity index (χ0v) is 40.8. The summed E-state index contributed by atoms with van der Waals surface area (Å²) in [5.74, 6) is -0.480. The normalized spacial score (nSPS) is 22.0. The third-order valence-corrected chi connectivity index (χ3v) is 13.0. The first-order valence-corrected chi connectivity index (χ1v) is 27.2. The van der Waals surface area contributed by atoms with Crippen molar-refractivity contribution in [3.8, 4) is 0 Å². The molecule has 63 heavy (non-hydrogen) atoms. The summed E-state index contributed by atoms with van der Waals surface area (Å²) in [4.78, 5) is 23.2. The van der Waals surface area contributed by atoms with Crippen molar-refractivity contribution >= 4 is 13.8 Å². The summed E-state index contributed by atoms with van der Waals surface area (Å²) in [7, 11) is -5.02. The second-order valence-corrected chi connectivity index (χ2v) is 19.4. The summed E-state index contributed by atoms with van der Waals surface area (Å²) in [6.45, 7) is 4.27. The molecular formula is C50H95O12P. The number of hydrogen-bond acceptors (Lipinski definition) is 11. The molecule has 1 fully saturated rings. The number of ether oxygens (including phenoxy) is 2. The lowest BCUT2D eigenvalue weighted by Gasteiger charge is -2.41. The first-order chi connectivity index (χ1) is 30.5. The van der Waals surface area contributed by atoms with E-state index in [1.165, 1.54) is 154 Å². The van der Waals surface area contributed by atoms with Gasteiger partial charge in [-0.15, -0.1) is 0 Å². The van der Waals surface area contributed by atoms with Crippen LogP contribution in [0.15, 0.2) is 24.3 Å². The molecule has 1 rings (SSSR count). The van der Waals surface area contributed by atoms with Crippen LogP contribution in [0.3, 0.4) is 0 Å². The number of aliphatic hydroxyl groups is 5. The van der Waals surface area contributed by atoms with Crippen molar-refractivity contribution in [1.29, 1.82) is 0 Å². The van der Waals surface area contributed by atoms with E-state index >= 15 is 0 Å². The van der Waals surface area contributed by atoms with Crippen molar-refractivity contribution < 1.29 is 58.3 Å². The Morgan fingerprint density at radius 3 is 1.25 bits per heavy atom. The Morgan fingerprint density at radius 1 is 0.492 bits per heavy atom. The van der Waals surface area contributed by atoms with Crippen LogP contribution in [0.1, 0.15) is 226 Å². The van der Waals surface area contributed by atoms with E-state index in [1.54, 1.807) is 0 Å². The molecule has 0 heterocycles. The van der Waals surface area contributed by atoms with Crippen LogP contribution < -0.4 is 0 Å². The first-order valence-electron chi connectivity index (χ1n) is 25.7. The van der Waals surface area contributed by atoms with Gasteiger partial charge in [0.1, 0.15) is 42.7 Å². The maximum atomic E-state index is 12.8. The topological polar surface area (TPSA) is 192 Å². The van der Waals surface area contributed by atoms with E-state index < -0.39 is 63.1 Å². The Kier molecular flexibility index (Phi) is 39.0. The first kappa shape index (κ1) is 59.8. The standard InChI is InChI=1S/C50H95O12P/c1-3-5-7-9-11-13-15-17-19-21-23-25-27-29-31-33-35-37-39-44(51)61-43(42-60-63(57,58)62-50-48(55)46(53)45(52)47(54)49(50)56)41-59-40-38-36-34-32-30-28-26-24-22-20-18-16-14-12-10-8-6-4-2/h18-21,43,45-50,52-56H,3-17,22-42H2,1-2H3,(H,57,58)/b20-18-,21-19-. The number of esters is 1. The van der Waals surface area contributed by atoms with E-state index in [4.69, 9.17) is 18.5 Å². The Balaban J connectivity index is 2.35. The van der Waals surface area contributed by atoms with Crippen LogP contribution in [0.4, 0.5) is 0 Å². The van der Waals surface area contributed by atoms with Gasteiger partial charge in [-0.05, 0) is 64.2 Å². The molecule has 1 saturated carbocycles. The van der Waals surface area contributed by atoms with Gasteiger partial charge < -0.3 is 39.9 Å². The lowest BCUT2D eigenvalue weighted by Crippen LogP contribution is -2.64. The Labute approximate surface area is 383 Å². The van der Waals surface area contributed by atoms with Gasteiger partial charge in [0, 0.05) is 13.0 Å². The van der Waals surface area contributed by atoms with Gasteiger partial charge in [-0.2, -0.15) is 0 Å². The maximum absolute atomic E-state index is 12.8. The van der Waals surface area contributed by atoms with E-state index in [1.807, 2.05) is 0 Å². The molecule has 13 heteroatoms. The van der Waals surface area contributed by atoms with Gasteiger partial charge in [-0.1, -0.05) is 179 Å². The van der Waals surface area contributed by atoms with Gasteiger partial charge >= 0.3 is 13.8 Å². The van der Waals surface area contributed by atoms with E-state index in [9.17, 15) is 39.8 Å². The smallest absolute Gasteiger partial charge is 0.457 e. The molecule has 6 atom stereocenters. The van der Waals surface area contributed by atoms with Crippen LogP contribution in [0.25, 0.3) is 0 Å². The van der Waals surface area contributed by atoms with E-state index in [-0.39, 0.29) is 13.0 Å². The van der Waals surface area contributed by atoms with E-state index in [2.05, 4.69) is 38.2 Å². The second kappa shape index (κ2) is 41.0. The molecule has 0 aromatic heterocycles. The lowest BCUT2D eigenvalue weighted by atomic mass is 9.85. The van der Waals surface area contributed by atoms with Crippen molar-refractivity contribution in [2.24, 2.45) is 0 Å². The molecule has 0 aliphatic heterocycles. The minimum atomic E-state index is -5.02. The zero-order valence-electron chi connectivity index (χ0n) is 39.9. The number of phosphoric ester groups is 1. The van der Waals surface area contributed by atoms with Gasteiger partial charge in [-0.25, -0.2) is 4.57 Å². The van der Waals surface area contributed by atoms with Crippen LogP contribution in [0.2, 0.25) is 0 Å². The molecular weight excluding hydrogens is 824 g/mol. The molecule has 1 aliphatic rings. The number of aliphatic hydroxyl groups excluding tert-OH is 5. The van der Waals surface area contributed by atoms with Crippen LogP contribution in [0, 0.1) is 0 Å². The number of phosphoric acid groups is 1. The summed E-state index contributed by atoms with van der Waals surface area (Å²) < 4.78 is 34.3. The lowest BCUT2D eigenvalue weighted by molar-refractivity contribution is -0.220. The van der Waals surface area contributed by atoms with Gasteiger partial charge in [-0.3, -0.25) is 13.8 Å². The highest BCUT2D eigenvalue weighted by atomic mass is 31.2. The number of unbranched alkanes of at least 4 members (excludes halogenated alkanes) is 28. The number of carbonyl (C=O) groups excluding carboxylic acids is 1. The van der Waals surface area contributed by atoms with Crippen LogP contribution >= 0.6 is 7.82 Å². The molecule has 1 aliphatic carbocycles. The van der Waals surface area contributed by atoms with Crippen LogP contribution in [-0.4, -0.2) is 98.9 Å². The quantitative estimate of drug-likeness (QED) is 0.0147. The summed E-state index contributed by atoms with van der Waals surface area (Å²) in [6, 6.07) is 0. The molecule has 0 saturated heterocycles. The number of hydrogen-bond donors (Lipinski definition) is 6. The Morgan fingerprint density at radius 2 is 0.841 bits per heavy atom. The fraction of sp³-hybridized carbons (Fsp3) is 0.900. The SMILES string of the molecule is CCCCCCCC/C=C\CCCCCCCCCCOCC(COP(=O)(O)OC1C(O)C(O)C(O)C(O)C1O)OC(=O)CCCCCCCCC/C=C\CCCCCCCCC. The number of carbonyl (C=O) groups is 1. The molecule has 6 N–H and O–H groups in total. The third-order valence-electron chi connectivity index (χ3n) is 12.0. The highest BCUT2D eigenvalue weighted by Gasteiger charge is 2.51. The highest BCUT2D eigenvalue weighted by molar-refractivity contribution is 7.47. The molecule has 0 aromatic rings. The summed E-state index contributed by atoms with van der Waals surface area (Å²) >= 11 is 0. The minimum absolute atomic E-state index is 0.0776. The van der Waals surface area contributed by atoms with Crippen LogP contribution in [-0.2, 0) is 27.9 Å². The Hall–Kier alpha value is -1.18. The predicted molar refractivity (Wildman–Crippen MR) is 253 cm³/mol. The van der Waals surface area contributed by atoms with Gasteiger partial charge in [0.25, 0.3) is 0 Å². The molecule has 12 nitrogen and oxygen atoms in total. The van der Waals surface area contributed by atoms with Gasteiger partial charge in [0.15, 0.2) is 0 Å². The zero-order chi connectivity index (χ0) is 46.2. The molecule has 0 bridgehead atoms. The largest absolute Gasteiger partial charge is 0.472 e. The van der Waals surface area contributed by atoms with Crippen molar-refractivity contribution in [2.45, 2.75) is 268 Å². The van der Waals surface area contributed by atoms with Crippen molar-refractivity contribution in [2.75, 3.05) is 19.8 Å². The predicted octanol–water partition coefficient (Wildman–Crippen LogP) is 11.3. The molecule has 0 radical (unpaired) electrons. The number of allylic oxidation sites excluding steroid dienone is 4. The second-order valence-electron chi connectivity index (χ2n) is 18.0. The van der Waals surface area contributed by atoms with Crippen molar-refractivity contribution in [1.82, 2.24) is 0 Å². The van der Waals surface area contributed by atoms with Gasteiger partial charge in [0.2, 0.25) is 0 Å². The minimum Gasteiger partial charge on any atom is -0.457 e. The molecule has 372 valence electrons. The van der Waals surface area contributed by atoms with E-state index in [0.717, 1.165) is 44.9 Å². The van der Waals surface area contributed by atoms with Crippen molar-refractivity contribution in [3.05, 3.63) is 24.3 Å². The molecule has 6 unspecified atom stereocenters.